The number of nitrogens with one attached hydrogen (secondary N) is 2. The molecule has 0 aromatic carbocycles. The number of aryl methyl sites for hydroxylation is 1. The van der Waals surface area contributed by atoms with E-state index in [1.165, 1.54) is 10.5 Å². The van der Waals surface area contributed by atoms with E-state index in [0.29, 0.717) is 6.54 Å². The predicted octanol–water partition coefficient (Wildman–Crippen LogP) is -3.23. The van der Waals surface area contributed by atoms with Gasteiger partial charge in [0.05, 0.1) is 0 Å². The number of carbonyl (C=O) groups is 2. The van der Waals surface area contributed by atoms with Gasteiger partial charge < -0.3 is 5.11 Å². The van der Waals surface area contributed by atoms with Crippen molar-refractivity contribution in [3.8, 4) is 0 Å². The Morgan fingerprint density at radius 1 is 1.40 bits per heavy atom. The summed E-state index contributed by atoms with van der Waals surface area (Å²) >= 11 is -0.164. The van der Waals surface area contributed by atoms with Crippen LogP contribution in [0.4, 0.5) is 0 Å². The molecule has 0 spiro atoms. The van der Waals surface area contributed by atoms with Crippen LogP contribution in [0.15, 0.2) is 16.2 Å². The van der Waals surface area contributed by atoms with Crippen LogP contribution in [0.5, 0.6) is 0 Å². The average Bonchev–Trinajstić information content (AvgIpc) is 3.16. The fraction of sp³-hybridized carbons (Fsp3) is 0.667. The normalized spacial score (nSPS) is 28.2. The first-order chi connectivity index (χ1) is 13.6. The zero-order valence-corrected chi connectivity index (χ0v) is 18.4. The first-order valence-corrected chi connectivity index (χ1v) is 11.8. The molecule has 12 heteroatoms. The molecule has 1 unspecified atom stereocenters. The Bertz CT molecular complexity index is 679. The molecule has 7 N–H and O–H groups in total. The van der Waals surface area contributed by atoms with Gasteiger partial charge in [-0.2, -0.15) is 0 Å². The van der Waals surface area contributed by atoms with E-state index in [9.17, 15) is 35.1 Å². The summed E-state index contributed by atoms with van der Waals surface area (Å²) in [6.45, 7) is 1.78. The Hall–Kier alpha value is -0.0304. The monoisotopic (exact) mass is 554 g/mol. The van der Waals surface area contributed by atoms with Crippen molar-refractivity contribution in [2.24, 2.45) is 0 Å². The number of rotatable bonds is 10. The van der Waals surface area contributed by atoms with Gasteiger partial charge in [0.2, 0.25) is 0 Å². The molecular formula is C18H29N2NaO8Te. The van der Waals surface area contributed by atoms with Gasteiger partial charge >= 0.3 is 186 Å². The van der Waals surface area contributed by atoms with Gasteiger partial charge in [0, 0.05) is 6.92 Å². The predicted molar refractivity (Wildman–Crippen MR) is 109 cm³/mol. The standard InChI is InChI=1S/C18H28N2O8Te.Na.H/c1-10(21)20-14-12(22)8-18(27,17(25)26)28-16(14)15(24)13(23)9-19-6-2-4-11-5-3-7-29-11;;/h3,5,7,12-16,19,22-24,27H,2,4,6,8-9H2,1H3,(H,20,21)(H,25,26);;/t12-,13+,14+,15+,16+,18?;;/m0../s1. The second-order valence-electron chi connectivity index (χ2n) is 7.11. The molecule has 1 aliphatic rings. The number of hydrogen-bond acceptors (Lipinski definition) is 8. The van der Waals surface area contributed by atoms with Crippen LogP contribution < -0.4 is 10.6 Å². The molecule has 6 atom stereocenters. The minimum atomic E-state index is -2.74. The van der Waals surface area contributed by atoms with Crippen LogP contribution >= 0.6 is 0 Å². The van der Waals surface area contributed by atoms with E-state index in [0.717, 1.165) is 12.8 Å². The number of aliphatic carboxylic acids is 1. The molecule has 1 saturated heterocycles. The van der Waals surface area contributed by atoms with Gasteiger partial charge in [-0.25, -0.2) is 4.79 Å². The number of carbonyl (C=O) groups excluding carboxylic acids is 1. The summed E-state index contributed by atoms with van der Waals surface area (Å²) in [6, 6.07) is 2.99. The van der Waals surface area contributed by atoms with Crippen LogP contribution in [0.25, 0.3) is 0 Å². The van der Waals surface area contributed by atoms with E-state index < -0.39 is 54.5 Å². The van der Waals surface area contributed by atoms with Crippen molar-refractivity contribution < 1.29 is 39.9 Å². The maximum atomic E-state index is 11.4. The van der Waals surface area contributed by atoms with Crippen molar-refractivity contribution in [1.29, 1.82) is 0 Å². The zero-order valence-electron chi connectivity index (χ0n) is 16.0. The van der Waals surface area contributed by atoms with E-state index in [1.807, 2.05) is 0 Å². The number of carboxylic acid groups (broad SMARTS) is 1. The summed E-state index contributed by atoms with van der Waals surface area (Å²) < 4.78 is 8.79. The molecule has 0 saturated carbocycles. The van der Waals surface area contributed by atoms with E-state index in [-0.39, 0.29) is 56.5 Å². The third kappa shape index (κ3) is 7.83. The number of aliphatic hydroxyl groups is 4. The number of aliphatic hydroxyl groups excluding tert-OH is 3. The third-order valence-corrected chi connectivity index (χ3v) is 7.40. The van der Waals surface area contributed by atoms with E-state index in [2.05, 4.69) is 26.8 Å². The molecule has 30 heavy (non-hydrogen) atoms. The number of ether oxygens (including phenoxy) is 1. The SMILES string of the molecule is CC(=O)N[C@H]1[C@H]([C@H](O)[C@H](O)CNCCCc2ccc[te]2)OC(O)(C(=O)O)C[C@@H]1O.[NaH]. The van der Waals surface area contributed by atoms with Crippen LogP contribution in [-0.4, -0.2) is 137 Å². The Morgan fingerprint density at radius 2 is 2.10 bits per heavy atom. The molecule has 0 radical (unpaired) electrons. The van der Waals surface area contributed by atoms with Gasteiger partial charge in [0.1, 0.15) is 0 Å². The second kappa shape index (κ2) is 12.9. The van der Waals surface area contributed by atoms with Crippen LogP contribution in [0.2, 0.25) is 0 Å². The Labute approximate surface area is 206 Å². The molecule has 1 aromatic rings. The van der Waals surface area contributed by atoms with Crippen LogP contribution in [0.1, 0.15) is 23.3 Å². The maximum absolute atomic E-state index is 11.4. The molecule has 1 amide bonds. The molecule has 2 rings (SSSR count). The quantitative estimate of drug-likeness (QED) is 0.117. The van der Waals surface area contributed by atoms with Gasteiger partial charge in [0.25, 0.3) is 0 Å². The summed E-state index contributed by atoms with van der Waals surface area (Å²) in [5.74, 6) is -5.01. The molecule has 1 aromatic heterocycles. The first-order valence-electron chi connectivity index (χ1n) is 9.32. The molecule has 166 valence electrons. The molecule has 10 nitrogen and oxygen atoms in total. The minimum absolute atomic E-state index is 0. The van der Waals surface area contributed by atoms with Crippen molar-refractivity contribution in [2.75, 3.05) is 13.1 Å². The molecule has 2 heterocycles. The first kappa shape index (κ1) is 28.0. The van der Waals surface area contributed by atoms with E-state index >= 15 is 0 Å². The van der Waals surface area contributed by atoms with E-state index in [4.69, 9.17) is 4.74 Å². The third-order valence-electron chi connectivity index (χ3n) is 4.73. The van der Waals surface area contributed by atoms with Crippen LogP contribution in [-0.2, 0) is 20.7 Å². The zero-order chi connectivity index (χ0) is 21.6. The molecule has 0 bridgehead atoms. The molecule has 1 aliphatic heterocycles. The average molecular weight is 552 g/mol. The Balaban J connectivity index is 0.00000450. The number of hydrogen-bond donors (Lipinski definition) is 7. The van der Waals surface area contributed by atoms with Gasteiger partial charge in [-0.3, -0.25) is 4.79 Å². The van der Waals surface area contributed by atoms with Gasteiger partial charge in [0.15, 0.2) is 0 Å². The summed E-state index contributed by atoms with van der Waals surface area (Å²) in [6.07, 6.45) is -4.91. The van der Waals surface area contributed by atoms with Gasteiger partial charge in [-0.15, -0.1) is 0 Å². The van der Waals surface area contributed by atoms with Gasteiger partial charge in [-0.1, -0.05) is 0 Å². The Morgan fingerprint density at radius 3 is 2.67 bits per heavy atom. The topological polar surface area (TPSA) is 169 Å². The van der Waals surface area contributed by atoms with Crippen LogP contribution in [0, 0.1) is 0 Å². The van der Waals surface area contributed by atoms with Crippen LogP contribution in [0.3, 0.4) is 0 Å². The molecular weight excluding hydrogens is 523 g/mol. The number of amides is 1. The summed E-state index contributed by atoms with van der Waals surface area (Å²) in [5.41, 5.74) is 0. The Kier molecular flexibility index (Phi) is 12.0. The van der Waals surface area contributed by atoms with Gasteiger partial charge in [-0.05, 0) is 0 Å². The second-order valence-corrected chi connectivity index (χ2v) is 10.1. The molecule has 0 aliphatic carbocycles. The summed E-state index contributed by atoms with van der Waals surface area (Å²) in [7, 11) is 0. The molecule has 1 fully saturated rings. The summed E-state index contributed by atoms with van der Waals surface area (Å²) in [5, 5.41) is 55.7. The fourth-order valence-corrected chi connectivity index (χ4v) is 5.39. The summed E-state index contributed by atoms with van der Waals surface area (Å²) in [4.78, 5) is 22.7. The van der Waals surface area contributed by atoms with E-state index in [1.54, 1.807) is 0 Å². The van der Waals surface area contributed by atoms with Crippen molar-refractivity contribution in [3.63, 3.8) is 0 Å². The van der Waals surface area contributed by atoms with Crippen molar-refractivity contribution in [2.45, 2.75) is 62.4 Å². The van der Waals surface area contributed by atoms with Crippen molar-refractivity contribution in [3.05, 3.63) is 19.8 Å². The number of carboxylic acids is 1. The van der Waals surface area contributed by atoms with Crippen molar-refractivity contribution >= 4 is 61.9 Å². The van der Waals surface area contributed by atoms with Crippen molar-refractivity contribution in [1.82, 2.24) is 10.6 Å². The fourth-order valence-electron chi connectivity index (χ4n) is 3.24.